The van der Waals surface area contributed by atoms with Crippen molar-refractivity contribution in [3.05, 3.63) is 65.9 Å². The van der Waals surface area contributed by atoms with Crippen molar-refractivity contribution in [1.29, 1.82) is 0 Å². The van der Waals surface area contributed by atoms with Crippen LogP contribution in [-0.2, 0) is 13.1 Å². The van der Waals surface area contributed by atoms with Gasteiger partial charge in [-0.15, -0.1) is 0 Å². The van der Waals surface area contributed by atoms with E-state index in [0.29, 0.717) is 13.1 Å². The fourth-order valence-corrected chi connectivity index (χ4v) is 2.29. The number of rotatable bonds is 4. The summed E-state index contributed by atoms with van der Waals surface area (Å²) in [5.74, 6) is 0. The zero-order valence-corrected chi connectivity index (χ0v) is 12.3. The normalized spacial score (nSPS) is 10.6. The molecule has 0 spiro atoms. The number of urea groups is 1. The van der Waals surface area contributed by atoms with Crippen LogP contribution in [0, 0.1) is 0 Å². The van der Waals surface area contributed by atoms with E-state index < -0.39 is 0 Å². The summed E-state index contributed by atoms with van der Waals surface area (Å²) in [6.45, 7) is 0.904. The number of benzene rings is 2. The Morgan fingerprint density at radius 2 is 1.86 bits per heavy atom. The minimum atomic E-state index is -0.143. The van der Waals surface area contributed by atoms with Gasteiger partial charge in [-0.2, -0.15) is 0 Å². The van der Waals surface area contributed by atoms with Crippen LogP contribution in [0.15, 0.2) is 59.1 Å². The molecule has 1 heterocycles. The van der Waals surface area contributed by atoms with E-state index in [4.69, 9.17) is 4.52 Å². The van der Waals surface area contributed by atoms with Crippen LogP contribution in [-0.4, -0.2) is 23.1 Å². The first-order valence-corrected chi connectivity index (χ1v) is 7.10. The molecule has 0 saturated carbocycles. The van der Waals surface area contributed by atoms with Crippen LogP contribution in [0.25, 0.3) is 11.0 Å². The van der Waals surface area contributed by atoms with Crippen molar-refractivity contribution in [3.8, 4) is 0 Å². The lowest BCUT2D eigenvalue weighted by atomic mass is 10.2. The standard InChI is InChI=1S/C17H17N3O2/c1-20(12-13-7-3-2-4-8-13)17(21)18-11-15-14-9-5-6-10-16(14)22-19-15/h2-10H,11-12H2,1H3,(H,18,21). The average molecular weight is 295 g/mol. The van der Waals surface area contributed by atoms with Crippen LogP contribution in [0.3, 0.4) is 0 Å². The fourth-order valence-electron chi connectivity index (χ4n) is 2.29. The van der Waals surface area contributed by atoms with Gasteiger partial charge in [0.1, 0.15) is 5.69 Å². The van der Waals surface area contributed by atoms with Crippen molar-refractivity contribution in [2.75, 3.05) is 7.05 Å². The van der Waals surface area contributed by atoms with Crippen LogP contribution in [0.2, 0.25) is 0 Å². The molecule has 0 aliphatic rings. The molecule has 0 aliphatic heterocycles. The largest absolute Gasteiger partial charge is 0.356 e. The van der Waals surface area contributed by atoms with Crippen LogP contribution in [0.4, 0.5) is 4.79 Å². The first kappa shape index (κ1) is 14.1. The van der Waals surface area contributed by atoms with Gasteiger partial charge in [0.25, 0.3) is 0 Å². The van der Waals surface area contributed by atoms with Crippen LogP contribution in [0.1, 0.15) is 11.3 Å². The Balaban J connectivity index is 1.60. The second kappa shape index (κ2) is 6.30. The van der Waals surface area contributed by atoms with Gasteiger partial charge in [0, 0.05) is 19.0 Å². The molecular formula is C17H17N3O2. The second-order valence-corrected chi connectivity index (χ2v) is 5.13. The van der Waals surface area contributed by atoms with Crippen LogP contribution < -0.4 is 5.32 Å². The molecule has 0 atom stereocenters. The van der Waals surface area contributed by atoms with Gasteiger partial charge in [-0.05, 0) is 17.7 Å². The molecule has 0 bridgehead atoms. The summed E-state index contributed by atoms with van der Waals surface area (Å²) in [5, 5.41) is 7.79. The Kier molecular flexibility index (Phi) is 4.05. The molecule has 112 valence electrons. The molecule has 22 heavy (non-hydrogen) atoms. The number of amides is 2. The molecule has 1 N–H and O–H groups in total. The number of hydrogen-bond acceptors (Lipinski definition) is 3. The van der Waals surface area contributed by atoms with Crippen molar-refractivity contribution >= 4 is 17.0 Å². The highest BCUT2D eigenvalue weighted by atomic mass is 16.5. The molecule has 5 heteroatoms. The fraction of sp³-hybridized carbons (Fsp3) is 0.176. The number of hydrogen-bond donors (Lipinski definition) is 1. The zero-order chi connectivity index (χ0) is 15.4. The lowest BCUT2D eigenvalue weighted by Crippen LogP contribution is -2.36. The number of nitrogens with one attached hydrogen (secondary N) is 1. The molecule has 1 aromatic heterocycles. The Hall–Kier alpha value is -2.82. The van der Waals surface area contributed by atoms with E-state index in [1.165, 1.54) is 0 Å². The Morgan fingerprint density at radius 1 is 1.14 bits per heavy atom. The SMILES string of the molecule is CN(Cc1ccccc1)C(=O)NCc1noc2ccccc12. The van der Waals surface area contributed by atoms with Gasteiger partial charge in [0.05, 0.1) is 6.54 Å². The van der Waals surface area contributed by atoms with E-state index in [1.807, 2.05) is 54.6 Å². The molecule has 5 nitrogen and oxygen atoms in total. The van der Waals surface area contributed by atoms with Gasteiger partial charge in [-0.1, -0.05) is 47.6 Å². The van der Waals surface area contributed by atoms with E-state index in [1.54, 1.807) is 11.9 Å². The predicted molar refractivity (Wildman–Crippen MR) is 84.2 cm³/mol. The number of para-hydroxylation sites is 1. The third-order valence-electron chi connectivity index (χ3n) is 3.47. The van der Waals surface area contributed by atoms with Gasteiger partial charge < -0.3 is 14.7 Å². The van der Waals surface area contributed by atoms with Gasteiger partial charge >= 0.3 is 6.03 Å². The number of fused-ring (bicyclic) bond motifs is 1. The highest BCUT2D eigenvalue weighted by Gasteiger charge is 2.12. The summed E-state index contributed by atoms with van der Waals surface area (Å²) in [6, 6.07) is 17.3. The summed E-state index contributed by atoms with van der Waals surface area (Å²) in [7, 11) is 1.77. The second-order valence-electron chi connectivity index (χ2n) is 5.13. The molecule has 2 aromatic carbocycles. The first-order valence-electron chi connectivity index (χ1n) is 7.10. The summed E-state index contributed by atoms with van der Waals surface area (Å²) in [4.78, 5) is 13.8. The maximum atomic E-state index is 12.1. The van der Waals surface area contributed by atoms with Crippen molar-refractivity contribution < 1.29 is 9.32 Å². The molecule has 3 rings (SSSR count). The molecule has 0 unspecified atom stereocenters. The first-order chi connectivity index (χ1) is 10.7. The number of aromatic nitrogens is 1. The molecule has 0 aliphatic carbocycles. The maximum absolute atomic E-state index is 12.1. The molecular weight excluding hydrogens is 278 g/mol. The van der Waals surface area contributed by atoms with E-state index >= 15 is 0 Å². The quantitative estimate of drug-likeness (QED) is 0.804. The van der Waals surface area contributed by atoms with Crippen molar-refractivity contribution in [3.63, 3.8) is 0 Å². The van der Waals surface area contributed by atoms with E-state index in [9.17, 15) is 4.79 Å². The van der Waals surface area contributed by atoms with Gasteiger partial charge in [0.2, 0.25) is 0 Å². The van der Waals surface area contributed by atoms with Gasteiger partial charge in [-0.25, -0.2) is 4.79 Å². The minimum absolute atomic E-state index is 0.143. The van der Waals surface area contributed by atoms with Crippen molar-refractivity contribution in [1.82, 2.24) is 15.4 Å². The topological polar surface area (TPSA) is 58.4 Å². The number of carbonyl (C=O) groups is 1. The third-order valence-corrected chi connectivity index (χ3v) is 3.47. The monoisotopic (exact) mass is 295 g/mol. The summed E-state index contributed by atoms with van der Waals surface area (Å²) >= 11 is 0. The Labute approximate surface area is 128 Å². The number of nitrogens with zero attached hydrogens (tertiary/aromatic N) is 2. The minimum Gasteiger partial charge on any atom is -0.356 e. The zero-order valence-electron chi connectivity index (χ0n) is 12.3. The average Bonchev–Trinajstić information content (AvgIpc) is 2.97. The predicted octanol–water partition coefficient (Wildman–Crippen LogP) is 3.17. The van der Waals surface area contributed by atoms with Crippen LogP contribution >= 0.6 is 0 Å². The van der Waals surface area contributed by atoms with Crippen molar-refractivity contribution in [2.45, 2.75) is 13.1 Å². The molecule has 0 radical (unpaired) electrons. The highest BCUT2D eigenvalue weighted by Crippen LogP contribution is 2.17. The van der Waals surface area contributed by atoms with Crippen molar-refractivity contribution in [2.24, 2.45) is 0 Å². The maximum Gasteiger partial charge on any atom is 0.317 e. The molecule has 0 fully saturated rings. The lowest BCUT2D eigenvalue weighted by molar-refractivity contribution is 0.206. The van der Waals surface area contributed by atoms with E-state index in [2.05, 4.69) is 10.5 Å². The molecule has 3 aromatic rings. The summed E-state index contributed by atoms with van der Waals surface area (Å²) in [6.07, 6.45) is 0. The van der Waals surface area contributed by atoms with E-state index in [0.717, 1.165) is 22.2 Å². The summed E-state index contributed by atoms with van der Waals surface area (Å²) in [5.41, 5.74) is 2.55. The smallest absolute Gasteiger partial charge is 0.317 e. The molecule has 2 amide bonds. The van der Waals surface area contributed by atoms with Gasteiger partial charge in [0.15, 0.2) is 5.58 Å². The molecule has 0 saturated heterocycles. The third kappa shape index (κ3) is 3.09. The Morgan fingerprint density at radius 3 is 2.68 bits per heavy atom. The lowest BCUT2D eigenvalue weighted by Gasteiger charge is -2.17. The van der Waals surface area contributed by atoms with Crippen LogP contribution in [0.5, 0.6) is 0 Å². The van der Waals surface area contributed by atoms with E-state index in [-0.39, 0.29) is 6.03 Å². The highest BCUT2D eigenvalue weighted by molar-refractivity contribution is 5.80. The Bertz CT molecular complexity index is 768. The summed E-state index contributed by atoms with van der Waals surface area (Å²) < 4.78 is 5.22. The van der Waals surface area contributed by atoms with Gasteiger partial charge in [-0.3, -0.25) is 0 Å². The number of carbonyl (C=O) groups excluding carboxylic acids is 1.